The maximum Gasteiger partial charge on any atom is 0.330 e. The maximum absolute atomic E-state index is 12.8. The number of thioether (sulfide) groups is 1. The lowest BCUT2D eigenvalue weighted by Crippen LogP contribution is -2.22. The highest BCUT2D eigenvalue weighted by Crippen LogP contribution is 2.49. The van der Waals surface area contributed by atoms with Crippen molar-refractivity contribution < 1.29 is 18.3 Å². The van der Waals surface area contributed by atoms with E-state index < -0.39 is 7.60 Å². The smallest absolute Gasteiger partial charge is 0.330 e. The average Bonchev–Trinajstić information content (AvgIpc) is 3.44. The maximum atomic E-state index is 12.8. The van der Waals surface area contributed by atoms with Gasteiger partial charge in [-0.25, -0.2) is 0 Å². The fourth-order valence-electron chi connectivity index (χ4n) is 4.43. The quantitative estimate of drug-likeness (QED) is 0.383. The summed E-state index contributed by atoms with van der Waals surface area (Å²) in [7, 11) is -3.02. The van der Waals surface area contributed by atoms with Gasteiger partial charge in [0, 0.05) is 30.9 Å². The second-order valence-electron chi connectivity index (χ2n) is 8.75. The van der Waals surface area contributed by atoms with Crippen LogP contribution in [0.25, 0.3) is 10.9 Å². The molecule has 0 bridgehead atoms. The molecular weight excluding hydrogens is 457 g/mol. The van der Waals surface area contributed by atoms with E-state index in [1.54, 1.807) is 11.8 Å². The van der Waals surface area contributed by atoms with Crippen LogP contribution in [0, 0.1) is 12.8 Å². The van der Waals surface area contributed by atoms with Crippen LogP contribution in [0.4, 0.5) is 5.69 Å². The predicted molar refractivity (Wildman–Crippen MR) is 138 cm³/mol. The minimum atomic E-state index is -3.02. The van der Waals surface area contributed by atoms with Crippen molar-refractivity contribution in [2.75, 3.05) is 50.2 Å². The summed E-state index contributed by atoms with van der Waals surface area (Å²) in [6, 6.07) is 6.75. The summed E-state index contributed by atoms with van der Waals surface area (Å²) in [6.45, 7) is 9.31. The number of benzene rings is 1. The van der Waals surface area contributed by atoms with Gasteiger partial charge in [-0.15, -0.1) is 11.8 Å². The Morgan fingerprint density at radius 3 is 2.70 bits per heavy atom. The summed E-state index contributed by atoms with van der Waals surface area (Å²) in [5, 5.41) is 5.90. The number of ether oxygens (including phenoxy) is 1. The largest absolute Gasteiger partial charge is 0.383 e. The van der Waals surface area contributed by atoms with Crippen molar-refractivity contribution in [1.82, 2.24) is 4.98 Å². The van der Waals surface area contributed by atoms with E-state index in [9.17, 15) is 4.57 Å². The third-order valence-corrected chi connectivity index (χ3v) is 9.38. The lowest BCUT2D eigenvalue weighted by molar-refractivity contribution is 0.0699. The third kappa shape index (κ3) is 6.43. The van der Waals surface area contributed by atoms with Crippen LogP contribution in [0.2, 0.25) is 0 Å². The van der Waals surface area contributed by atoms with Crippen LogP contribution < -0.4 is 5.32 Å². The van der Waals surface area contributed by atoms with Gasteiger partial charge in [0.2, 0.25) is 0 Å². The van der Waals surface area contributed by atoms with Crippen LogP contribution in [0.15, 0.2) is 23.2 Å². The van der Waals surface area contributed by atoms with Gasteiger partial charge in [0.05, 0.1) is 42.3 Å². The Kier molecular flexibility index (Phi) is 8.58. The molecule has 2 aliphatic rings. The number of rotatable bonds is 11. The second-order valence-corrected chi connectivity index (χ2v) is 11.9. The minimum Gasteiger partial charge on any atom is -0.383 e. The highest BCUT2D eigenvalue weighted by atomic mass is 32.2. The van der Waals surface area contributed by atoms with E-state index in [-0.39, 0.29) is 6.04 Å². The van der Waals surface area contributed by atoms with Crippen LogP contribution in [0.3, 0.4) is 0 Å². The molecular formula is C24H36N3O4PS. The van der Waals surface area contributed by atoms with Gasteiger partial charge in [0.1, 0.15) is 5.04 Å². The molecule has 1 fully saturated rings. The van der Waals surface area contributed by atoms with Gasteiger partial charge in [-0.05, 0) is 69.7 Å². The molecule has 2 N–H and O–H groups in total. The van der Waals surface area contributed by atoms with Gasteiger partial charge in [0.25, 0.3) is 0 Å². The Morgan fingerprint density at radius 2 is 1.97 bits per heavy atom. The number of aromatic nitrogens is 1. The monoisotopic (exact) mass is 493 g/mol. The van der Waals surface area contributed by atoms with Crippen molar-refractivity contribution in [3.05, 3.63) is 29.5 Å². The Labute approximate surface area is 201 Å². The van der Waals surface area contributed by atoms with Crippen LogP contribution in [0.1, 0.15) is 44.4 Å². The minimum absolute atomic E-state index is 0.124. The van der Waals surface area contributed by atoms with Crippen molar-refractivity contribution in [3.63, 3.8) is 0 Å². The van der Waals surface area contributed by atoms with Crippen molar-refractivity contribution in [2.45, 2.75) is 46.1 Å². The fraction of sp³-hybridized carbons (Fsp3) is 0.625. The highest BCUT2D eigenvalue weighted by molar-refractivity contribution is 8.14. The molecule has 9 heteroatoms. The zero-order valence-corrected chi connectivity index (χ0v) is 21.6. The molecule has 182 valence electrons. The Morgan fingerprint density at radius 1 is 1.21 bits per heavy atom. The third-order valence-electron chi connectivity index (χ3n) is 6.13. The van der Waals surface area contributed by atoms with E-state index in [0.29, 0.717) is 31.7 Å². The summed E-state index contributed by atoms with van der Waals surface area (Å²) < 4.78 is 29.1. The molecule has 1 atom stereocenters. The first-order chi connectivity index (χ1) is 16.0. The number of nitrogens with one attached hydrogen (secondary N) is 2. The van der Waals surface area contributed by atoms with Gasteiger partial charge in [0.15, 0.2) is 0 Å². The molecule has 1 aromatic carbocycles. The molecule has 0 spiro atoms. The molecule has 0 aliphatic carbocycles. The molecule has 0 amide bonds. The van der Waals surface area contributed by atoms with E-state index in [1.807, 2.05) is 13.8 Å². The molecule has 33 heavy (non-hydrogen) atoms. The van der Waals surface area contributed by atoms with E-state index in [4.69, 9.17) is 18.8 Å². The van der Waals surface area contributed by atoms with Gasteiger partial charge < -0.3 is 24.1 Å². The van der Waals surface area contributed by atoms with E-state index in [2.05, 4.69) is 35.4 Å². The molecule has 0 unspecified atom stereocenters. The van der Waals surface area contributed by atoms with Gasteiger partial charge in [-0.2, -0.15) is 0 Å². The number of aryl methyl sites for hydroxylation is 1. The van der Waals surface area contributed by atoms with Crippen LogP contribution in [-0.2, 0) is 18.3 Å². The molecule has 0 saturated carbocycles. The number of hydrogen-bond donors (Lipinski definition) is 2. The Hall–Kier alpha value is -1.31. The molecule has 3 heterocycles. The number of fused-ring (bicyclic) bond motifs is 1. The first-order valence-corrected chi connectivity index (χ1v) is 14.7. The summed E-state index contributed by atoms with van der Waals surface area (Å²) in [4.78, 5) is 8.54. The zero-order valence-electron chi connectivity index (χ0n) is 19.9. The van der Waals surface area contributed by atoms with E-state index in [0.717, 1.165) is 60.3 Å². The summed E-state index contributed by atoms with van der Waals surface area (Å²) in [5.41, 5.74) is 4.57. The van der Waals surface area contributed by atoms with Gasteiger partial charge >= 0.3 is 7.60 Å². The summed E-state index contributed by atoms with van der Waals surface area (Å²) in [5.74, 6) is 1.54. The van der Waals surface area contributed by atoms with Crippen molar-refractivity contribution in [2.24, 2.45) is 10.9 Å². The van der Waals surface area contributed by atoms with Crippen molar-refractivity contribution in [3.8, 4) is 0 Å². The molecule has 4 rings (SSSR count). The van der Waals surface area contributed by atoms with Crippen LogP contribution in [-0.4, -0.2) is 61.0 Å². The average molecular weight is 494 g/mol. The SMILES string of the molecule is CCOP(=O)(CC[C@H]1CSC(c2cc3cc(C)cc(NCC4CCOCC4)c3[nH]2)=N1)OCC. The number of hydrogen-bond acceptors (Lipinski definition) is 7. The topological polar surface area (TPSA) is 84.9 Å². The number of nitrogens with zero attached hydrogens (tertiary/aromatic N) is 1. The number of aliphatic imine (C=N–C) groups is 1. The van der Waals surface area contributed by atoms with Gasteiger partial charge in [-0.3, -0.25) is 9.56 Å². The standard InChI is InChI=1S/C24H36N3O4PS/c1-4-30-32(28,31-5-2)11-8-20-16-33-24(26-20)22-14-19-12-17(3)13-21(23(19)27-22)25-15-18-6-9-29-10-7-18/h12-14,18,20,25,27H,4-11,15-16H2,1-3H3/t20-/m0/s1. The first-order valence-electron chi connectivity index (χ1n) is 12.0. The predicted octanol–water partition coefficient (Wildman–Crippen LogP) is 5.83. The lowest BCUT2D eigenvalue weighted by atomic mass is 10.0. The molecule has 1 aromatic heterocycles. The summed E-state index contributed by atoms with van der Waals surface area (Å²) in [6.07, 6.45) is 3.34. The van der Waals surface area contributed by atoms with E-state index >= 15 is 0 Å². The first kappa shape index (κ1) is 24.8. The van der Waals surface area contributed by atoms with Crippen molar-refractivity contribution >= 4 is 41.0 Å². The molecule has 2 aliphatic heterocycles. The zero-order chi connectivity index (χ0) is 23.3. The lowest BCUT2D eigenvalue weighted by Gasteiger charge is -2.23. The fourth-order valence-corrected chi connectivity index (χ4v) is 7.25. The van der Waals surface area contributed by atoms with Gasteiger partial charge in [-0.1, -0.05) is 0 Å². The second kappa shape index (κ2) is 11.4. The van der Waals surface area contributed by atoms with Crippen LogP contribution in [0.5, 0.6) is 0 Å². The Bertz CT molecular complexity index is 1010. The molecule has 7 nitrogen and oxygen atoms in total. The van der Waals surface area contributed by atoms with E-state index in [1.165, 1.54) is 10.9 Å². The summed E-state index contributed by atoms with van der Waals surface area (Å²) >= 11 is 1.76. The number of anilines is 1. The highest BCUT2D eigenvalue weighted by Gasteiger charge is 2.28. The number of H-pyrrole nitrogens is 1. The van der Waals surface area contributed by atoms with Crippen molar-refractivity contribution in [1.29, 1.82) is 0 Å². The number of aromatic amines is 1. The van der Waals surface area contributed by atoms with Crippen LogP contribution >= 0.6 is 19.4 Å². The Balaban J connectivity index is 1.45. The molecule has 1 saturated heterocycles. The normalized spacial score (nSPS) is 19.8. The molecule has 2 aromatic rings. The molecule has 0 radical (unpaired) electrons.